The molecular weight excluding hydrogens is 174 g/mol. The van der Waals surface area contributed by atoms with E-state index in [0.29, 0.717) is 0 Å². The number of hydrogen-bond acceptors (Lipinski definition) is 2. The summed E-state index contributed by atoms with van der Waals surface area (Å²) in [6, 6.07) is 4.03. The molecule has 0 aliphatic heterocycles. The summed E-state index contributed by atoms with van der Waals surface area (Å²) >= 11 is 0. The third-order valence-corrected chi connectivity index (χ3v) is 2.34. The van der Waals surface area contributed by atoms with Crippen LogP contribution in [0.4, 0.5) is 0 Å². The zero-order chi connectivity index (χ0) is 10.1. The standard InChI is InChI=1S/C12H13NO/c1-4-9-10-7-6-8(3)13-12(10)14-11(9)5-2/h4,6-7H,1,5H2,2-3H3. The minimum absolute atomic E-state index is 0.719. The molecule has 0 amide bonds. The number of rotatable bonds is 2. The average molecular weight is 187 g/mol. The lowest BCUT2D eigenvalue weighted by Crippen LogP contribution is -1.79. The zero-order valence-electron chi connectivity index (χ0n) is 8.50. The Morgan fingerprint density at radius 2 is 2.29 bits per heavy atom. The molecular formula is C12H13NO. The predicted molar refractivity (Wildman–Crippen MR) is 58.2 cm³/mol. The van der Waals surface area contributed by atoms with Crippen molar-refractivity contribution < 1.29 is 4.42 Å². The first-order chi connectivity index (χ1) is 6.76. The largest absolute Gasteiger partial charge is 0.442 e. The first-order valence-corrected chi connectivity index (χ1v) is 4.77. The fourth-order valence-electron chi connectivity index (χ4n) is 1.62. The number of nitrogens with zero attached hydrogens (tertiary/aromatic N) is 1. The van der Waals surface area contributed by atoms with Crippen LogP contribution in [0.1, 0.15) is 23.9 Å². The third-order valence-electron chi connectivity index (χ3n) is 2.34. The van der Waals surface area contributed by atoms with Gasteiger partial charge in [0.1, 0.15) is 5.76 Å². The predicted octanol–water partition coefficient (Wildman–Crippen LogP) is 3.34. The minimum atomic E-state index is 0.719. The van der Waals surface area contributed by atoms with Crippen molar-refractivity contribution >= 4 is 17.2 Å². The second kappa shape index (κ2) is 3.29. The maximum Gasteiger partial charge on any atom is 0.227 e. The van der Waals surface area contributed by atoms with Crippen LogP contribution in [0.3, 0.4) is 0 Å². The van der Waals surface area contributed by atoms with Gasteiger partial charge in [0.15, 0.2) is 0 Å². The van der Waals surface area contributed by atoms with Gasteiger partial charge in [0.05, 0.1) is 0 Å². The Morgan fingerprint density at radius 1 is 1.50 bits per heavy atom. The number of aryl methyl sites for hydroxylation is 2. The van der Waals surface area contributed by atoms with Crippen molar-refractivity contribution in [3.8, 4) is 0 Å². The van der Waals surface area contributed by atoms with Crippen molar-refractivity contribution in [3.05, 3.63) is 35.7 Å². The van der Waals surface area contributed by atoms with Gasteiger partial charge in [-0.05, 0) is 19.1 Å². The Morgan fingerprint density at radius 3 is 2.93 bits per heavy atom. The number of hydrogen-bond donors (Lipinski definition) is 0. The Hall–Kier alpha value is -1.57. The normalized spacial score (nSPS) is 10.7. The van der Waals surface area contributed by atoms with E-state index in [-0.39, 0.29) is 0 Å². The highest BCUT2D eigenvalue weighted by Crippen LogP contribution is 2.25. The molecule has 0 bridgehead atoms. The SMILES string of the molecule is C=Cc1c(CC)oc2nc(C)ccc12. The van der Waals surface area contributed by atoms with Crippen LogP contribution in [-0.4, -0.2) is 4.98 Å². The smallest absolute Gasteiger partial charge is 0.227 e. The maximum absolute atomic E-state index is 5.64. The molecule has 0 spiro atoms. The van der Waals surface area contributed by atoms with Gasteiger partial charge in [0.25, 0.3) is 0 Å². The summed E-state index contributed by atoms with van der Waals surface area (Å²) < 4.78 is 5.64. The second-order valence-corrected chi connectivity index (χ2v) is 3.30. The molecule has 2 nitrogen and oxygen atoms in total. The molecule has 14 heavy (non-hydrogen) atoms. The van der Waals surface area contributed by atoms with Gasteiger partial charge in [-0.25, -0.2) is 4.98 Å². The summed E-state index contributed by atoms with van der Waals surface area (Å²) in [5, 5.41) is 1.06. The van der Waals surface area contributed by atoms with Gasteiger partial charge in [-0.15, -0.1) is 0 Å². The topological polar surface area (TPSA) is 26.0 Å². The lowest BCUT2D eigenvalue weighted by molar-refractivity contribution is 0.545. The monoisotopic (exact) mass is 187 g/mol. The van der Waals surface area contributed by atoms with Gasteiger partial charge in [0.2, 0.25) is 5.71 Å². The van der Waals surface area contributed by atoms with E-state index in [9.17, 15) is 0 Å². The van der Waals surface area contributed by atoms with E-state index in [0.717, 1.165) is 34.5 Å². The van der Waals surface area contributed by atoms with Gasteiger partial charge < -0.3 is 4.42 Å². The Balaban J connectivity index is 2.79. The molecule has 0 unspecified atom stereocenters. The lowest BCUT2D eigenvalue weighted by atomic mass is 10.1. The van der Waals surface area contributed by atoms with Gasteiger partial charge in [0, 0.05) is 23.1 Å². The summed E-state index contributed by atoms with van der Waals surface area (Å²) in [6.45, 7) is 7.82. The van der Waals surface area contributed by atoms with E-state index in [1.165, 1.54) is 0 Å². The molecule has 2 rings (SSSR count). The molecule has 2 aromatic heterocycles. The maximum atomic E-state index is 5.64. The highest BCUT2D eigenvalue weighted by molar-refractivity contribution is 5.85. The van der Waals surface area contributed by atoms with Crippen molar-refractivity contribution in [3.63, 3.8) is 0 Å². The van der Waals surface area contributed by atoms with Gasteiger partial charge in [-0.2, -0.15) is 0 Å². The van der Waals surface area contributed by atoms with E-state index in [1.54, 1.807) is 0 Å². The van der Waals surface area contributed by atoms with Crippen LogP contribution in [0, 0.1) is 6.92 Å². The molecule has 0 radical (unpaired) electrons. The highest BCUT2D eigenvalue weighted by atomic mass is 16.3. The lowest BCUT2D eigenvalue weighted by Gasteiger charge is -1.91. The molecule has 0 aliphatic rings. The van der Waals surface area contributed by atoms with Crippen molar-refractivity contribution in [1.82, 2.24) is 4.98 Å². The number of aromatic nitrogens is 1. The summed E-state index contributed by atoms with van der Waals surface area (Å²) in [7, 11) is 0. The summed E-state index contributed by atoms with van der Waals surface area (Å²) in [5.41, 5.74) is 2.77. The molecule has 72 valence electrons. The first-order valence-electron chi connectivity index (χ1n) is 4.77. The van der Waals surface area contributed by atoms with Gasteiger partial charge >= 0.3 is 0 Å². The molecule has 0 aliphatic carbocycles. The van der Waals surface area contributed by atoms with Crippen LogP contribution >= 0.6 is 0 Å². The Bertz CT molecular complexity index is 482. The van der Waals surface area contributed by atoms with E-state index < -0.39 is 0 Å². The molecule has 0 fully saturated rings. The molecule has 0 N–H and O–H groups in total. The Labute approximate surface area is 83.3 Å². The molecule has 2 heteroatoms. The average Bonchev–Trinajstić information content (AvgIpc) is 2.54. The fourth-order valence-corrected chi connectivity index (χ4v) is 1.62. The molecule has 0 saturated carbocycles. The van der Waals surface area contributed by atoms with Crippen LogP contribution in [0.2, 0.25) is 0 Å². The number of pyridine rings is 1. The third kappa shape index (κ3) is 1.23. The molecule has 0 saturated heterocycles. The number of fused-ring (bicyclic) bond motifs is 1. The molecule has 2 heterocycles. The summed E-state index contributed by atoms with van der Waals surface area (Å²) in [6.07, 6.45) is 2.71. The van der Waals surface area contributed by atoms with E-state index in [2.05, 4.69) is 18.5 Å². The second-order valence-electron chi connectivity index (χ2n) is 3.30. The number of furan rings is 1. The van der Waals surface area contributed by atoms with Crippen LogP contribution in [0.5, 0.6) is 0 Å². The van der Waals surface area contributed by atoms with Gasteiger partial charge in [-0.1, -0.05) is 19.6 Å². The van der Waals surface area contributed by atoms with Crippen molar-refractivity contribution in [2.45, 2.75) is 20.3 Å². The van der Waals surface area contributed by atoms with E-state index >= 15 is 0 Å². The van der Waals surface area contributed by atoms with Crippen molar-refractivity contribution in [1.29, 1.82) is 0 Å². The van der Waals surface area contributed by atoms with E-state index in [1.807, 2.05) is 25.1 Å². The van der Waals surface area contributed by atoms with Gasteiger partial charge in [-0.3, -0.25) is 0 Å². The molecule has 0 atom stereocenters. The minimum Gasteiger partial charge on any atom is -0.442 e. The zero-order valence-corrected chi connectivity index (χ0v) is 8.50. The highest BCUT2D eigenvalue weighted by Gasteiger charge is 2.10. The van der Waals surface area contributed by atoms with Crippen molar-refractivity contribution in [2.24, 2.45) is 0 Å². The molecule has 2 aromatic rings. The quantitative estimate of drug-likeness (QED) is 0.720. The Kier molecular flexibility index (Phi) is 2.12. The fraction of sp³-hybridized carbons (Fsp3) is 0.250. The summed E-state index contributed by atoms with van der Waals surface area (Å²) in [4.78, 5) is 4.34. The van der Waals surface area contributed by atoms with Crippen LogP contribution in [-0.2, 0) is 6.42 Å². The van der Waals surface area contributed by atoms with Crippen LogP contribution in [0.15, 0.2) is 23.1 Å². The summed E-state index contributed by atoms with van der Waals surface area (Å²) in [5.74, 6) is 0.966. The van der Waals surface area contributed by atoms with E-state index in [4.69, 9.17) is 4.42 Å². The van der Waals surface area contributed by atoms with Crippen LogP contribution < -0.4 is 0 Å². The van der Waals surface area contributed by atoms with Crippen LogP contribution in [0.25, 0.3) is 17.2 Å². The van der Waals surface area contributed by atoms with Crippen molar-refractivity contribution in [2.75, 3.05) is 0 Å². The first kappa shape index (κ1) is 9.00. The molecule has 0 aromatic carbocycles.